The van der Waals surface area contributed by atoms with Crippen LogP contribution in [-0.2, 0) is 11.3 Å². The van der Waals surface area contributed by atoms with Gasteiger partial charge in [0.1, 0.15) is 0 Å². The number of aryl methyl sites for hydroxylation is 2. The van der Waals surface area contributed by atoms with Crippen molar-refractivity contribution in [2.75, 3.05) is 6.54 Å². The van der Waals surface area contributed by atoms with E-state index in [-0.39, 0.29) is 24.3 Å². The van der Waals surface area contributed by atoms with Gasteiger partial charge < -0.3 is 10.6 Å². The monoisotopic (exact) mass is 380 g/mol. The van der Waals surface area contributed by atoms with Gasteiger partial charge in [-0.15, -0.1) is 0 Å². The predicted molar refractivity (Wildman–Crippen MR) is 110 cm³/mol. The van der Waals surface area contributed by atoms with Crippen LogP contribution in [0.25, 0.3) is 11.1 Å². The van der Waals surface area contributed by atoms with Gasteiger partial charge in [0.15, 0.2) is 0 Å². The Morgan fingerprint density at radius 1 is 1.21 bits per heavy atom. The smallest absolute Gasteiger partial charge is 0.254 e. The molecule has 2 heterocycles. The van der Waals surface area contributed by atoms with Crippen molar-refractivity contribution >= 4 is 11.8 Å². The number of rotatable bonds is 6. The van der Waals surface area contributed by atoms with Gasteiger partial charge in [-0.25, -0.2) is 0 Å². The molecule has 0 aliphatic carbocycles. The Bertz CT molecular complexity index is 909. The predicted octanol–water partition coefficient (Wildman–Crippen LogP) is 3.08. The minimum absolute atomic E-state index is 0.0563. The molecule has 1 unspecified atom stereocenters. The lowest BCUT2D eigenvalue weighted by atomic mass is 10.0. The van der Waals surface area contributed by atoms with Crippen LogP contribution in [0, 0.1) is 19.8 Å². The standard InChI is InChI=1S/C22H28N4O2/c1-14(2)19-6-5-12-25(19)22(28)18-9-7-17(8-10-18)21-15(3)24-26(16(21)4)13-11-20(23)27/h5-10,14,19H,11-13H2,1-4H3,(H2,23,27). The van der Waals surface area contributed by atoms with Crippen LogP contribution in [0.4, 0.5) is 0 Å². The molecule has 0 radical (unpaired) electrons. The highest BCUT2D eigenvalue weighted by Crippen LogP contribution is 2.28. The molecule has 1 aliphatic heterocycles. The van der Waals surface area contributed by atoms with Crippen molar-refractivity contribution < 1.29 is 9.59 Å². The number of nitrogens with two attached hydrogens (primary N) is 1. The van der Waals surface area contributed by atoms with E-state index in [1.165, 1.54) is 0 Å². The lowest BCUT2D eigenvalue weighted by molar-refractivity contribution is -0.118. The number of aromatic nitrogens is 2. The third-order valence-electron chi connectivity index (χ3n) is 5.31. The molecular weight excluding hydrogens is 352 g/mol. The number of hydrogen-bond donors (Lipinski definition) is 1. The first kappa shape index (κ1) is 19.9. The zero-order valence-electron chi connectivity index (χ0n) is 17.0. The van der Waals surface area contributed by atoms with E-state index < -0.39 is 0 Å². The largest absolute Gasteiger partial charge is 0.370 e. The molecule has 1 aromatic carbocycles. The molecule has 6 nitrogen and oxygen atoms in total. The number of carbonyl (C=O) groups excluding carboxylic acids is 2. The van der Waals surface area contributed by atoms with E-state index in [1.54, 1.807) is 0 Å². The van der Waals surface area contributed by atoms with Gasteiger partial charge in [0.05, 0.1) is 11.7 Å². The lowest BCUT2D eigenvalue weighted by Crippen LogP contribution is -2.38. The van der Waals surface area contributed by atoms with Crippen molar-refractivity contribution in [1.82, 2.24) is 14.7 Å². The van der Waals surface area contributed by atoms with Gasteiger partial charge in [0.25, 0.3) is 5.91 Å². The Balaban J connectivity index is 1.81. The van der Waals surface area contributed by atoms with Crippen molar-refractivity contribution in [3.05, 3.63) is 53.4 Å². The maximum absolute atomic E-state index is 12.9. The van der Waals surface area contributed by atoms with E-state index in [1.807, 2.05) is 47.7 Å². The Kier molecular flexibility index (Phi) is 5.68. The molecule has 3 rings (SSSR count). The van der Waals surface area contributed by atoms with E-state index in [2.05, 4.69) is 31.1 Å². The number of nitrogens with zero attached hydrogens (tertiary/aromatic N) is 3. The molecule has 1 aliphatic rings. The molecule has 0 fully saturated rings. The summed E-state index contributed by atoms with van der Waals surface area (Å²) in [5.41, 5.74) is 9.87. The van der Waals surface area contributed by atoms with E-state index in [4.69, 9.17) is 5.73 Å². The fraction of sp³-hybridized carbons (Fsp3) is 0.409. The lowest BCUT2D eigenvalue weighted by Gasteiger charge is -2.27. The molecule has 28 heavy (non-hydrogen) atoms. The van der Waals surface area contributed by atoms with Crippen LogP contribution in [0.15, 0.2) is 36.4 Å². The van der Waals surface area contributed by atoms with E-state index in [9.17, 15) is 9.59 Å². The second-order valence-electron chi connectivity index (χ2n) is 7.68. The van der Waals surface area contributed by atoms with Crippen LogP contribution >= 0.6 is 0 Å². The normalized spacial score (nSPS) is 16.2. The van der Waals surface area contributed by atoms with Gasteiger partial charge in [-0.2, -0.15) is 5.10 Å². The van der Waals surface area contributed by atoms with Gasteiger partial charge in [-0.3, -0.25) is 14.3 Å². The molecule has 0 saturated carbocycles. The molecule has 6 heteroatoms. The van der Waals surface area contributed by atoms with Crippen LogP contribution in [0.5, 0.6) is 0 Å². The first-order valence-electron chi connectivity index (χ1n) is 9.70. The summed E-state index contributed by atoms with van der Waals surface area (Å²) < 4.78 is 1.82. The SMILES string of the molecule is Cc1nn(CCC(N)=O)c(C)c1-c1ccc(C(=O)N2CC=CC2C(C)C)cc1. The highest BCUT2D eigenvalue weighted by atomic mass is 16.2. The second kappa shape index (κ2) is 8.00. The van der Waals surface area contributed by atoms with Crippen molar-refractivity contribution in [2.24, 2.45) is 11.7 Å². The van der Waals surface area contributed by atoms with Crippen molar-refractivity contribution in [2.45, 2.75) is 46.7 Å². The minimum Gasteiger partial charge on any atom is -0.370 e. The highest BCUT2D eigenvalue weighted by molar-refractivity contribution is 5.95. The summed E-state index contributed by atoms with van der Waals surface area (Å²) in [4.78, 5) is 25.9. The molecule has 1 aromatic heterocycles. The Hall–Kier alpha value is -2.89. The Labute approximate surface area is 166 Å². The quantitative estimate of drug-likeness (QED) is 0.782. The van der Waals surface area contributed by atoms with Gasteiger partial charge in [0, 0.05) is 36.3 Å². The summed E-state index contributed by atoms with van der Waals surface area (Å²) in [6.07, 6.45) is 4.43. The number of benzene rings is 1. The summed E-state index contributed by atoms with van der Waals surface area (Å²) in [5, 5.41) is 4.53. The first-order chi connectivity index (χ1) is 13.3. The van der Waals surface area contributed by atoms with Crippen LogP contribution < -0.4 is 5.73 Å². The van der Waals surface area contributed by atoms with Crippen molar-refractivity contribution in [3.63, 3.8) is 0 Å². The highest BCUT2D eigenvalue weighted by Gasteiger charge is 2.27. The molecule has 0 saturated heterocycles. The summed E-state index contributed by atoms with van der Waals surface area (Å²) in [7, 11) is 0. The average Bonchev–Trinajstić information content (AvgIpc) is 3.24. The third kappa shape index (κ3) is 3.86. The van der Waals surface area contributed by atoms with Crippen LogP contribution in [0.2, 0.25) is 0 Å². The molecule has 148 valence electrons. The zero-order valence-corrected chi connectivity index (χ0v) is 17.0. The number of amides is 2. The van der Waals surface area contributed by atoms with Gasteiger partial charge in [-0.1, -0.05) is 38.1 Å². The molecular formula is C22H28N4O2. The molecule has 2 amide bonds. The molecule has 0 bridgehead atoms. The fourth-order valence-electron chi connectivity index (χ4n) is 3.83. The second-order valence-corrected chi connectivity index (χ2v) is 7.68. The van der Waals surface area contributed by atoms with Crippen molar-refractivity contribution in [1.29, 1.82) is 0 Å². The maximum atomic E-state index is 12.9. The first-order valence-corrected chi connectivity index (χ1v) is 9.70. The minimum atomic E-state index is -0.340. The molecule has 2 aromatic rings. The number of primary amides is 1. The maximum Gasteiger partial charge on any atom is 0.254 e. The topological polar surface area (TPSA) is 81.2 Å². The van der Waals surface area contributed by atoms with E-state index in [0.717, 1.165) is 22.5 Å². The summed E-state index contributed by atoms with van der Waals surface area (Å²) in [6.45, 7) is 9.32. The van der Waals surface area contributed by atoms with Crippen molar-refractivity contribution in [3.8, 4) is 11.1 Å². The summed E-state index contributed by atoms with van der Waals surface area (Å²) >= 11 is 0. The van der Waals surface area contributed by atoms with Crippen LogP contribution in [0.1, 0.15) is 42.0 Å². The van der Waals surface area contributed by atoms with Gasteiger partial charge in [0.2, 0.25) is 5.91 Å². The van der Waals surface area contributed by atoms with E-state index >= 15 is 0 Å². The zero-order chi connectivity index (χ0) is 20.4. The molecule has 2 N–H and O–H groups in total. The summed E-state index contributed by atoms with van der Waals surface area (Å²) in [6, 6.07) is 7.85. The molecule has 1 atom stereocenters. The van der Waals surface area contributed by atoms with E-state index in [0.29, 0.717) is 24.6 Å². The van der Waals surface area contributed by atoms with Gasteiger partial charge >= 0.3 is 0 Å². The number of carbonyl (C=O) groups is 2. The Morgan fingerprint density at radius 3 is 2.50 bits per heavy atom. The van der Waals surface area contributed by atoms with Gasteiger partial charge in [-0.05, 0) is 37.5 Å². The van der Waals surface area contributed by atoms with Crippen LogP contribution in [0.3, 0.4) is 0 Å². The number of hydrogen-bond acceptors (Lipinski definition) is 3. The Morgan fingerprint density at radius 2 is 1.89 bits per heavy atom. The summed E-state index contributed by atoms with van der Waals surface area (Å²) in [5.74, 6) is 0.104. The fourth-order valence-corrected chi connectivity index (χ4v) is 3.83. The average molecular weight is 380 g/mol. The molecule has 0 spiro atoms. The van der Waals surface area contributed by atoms with Crippen LogP contribution in [-0.4, -0.2) is 39.1 Å². The third-order valence-corrected chi connectivity index (χ3v) is 5.31.